The molecule has 1 aromatic rings. The molecule has 5 heteroatoms. The Labute approximate surface area is 153 Å². The molecule has 1 aliphatic rings. The topological polar surface area (TPSA) is 42.9 Å². The van der Waals surface area contributed by atoms with Crippen molar-refractivity contribution in [3.8, 4) is 0 Å². The zero-order valence-electron chi connectivity index (χ0n) is 16.4. The zero-order chi connectivity index (χ0) is 18.1. The Kier molecular flexibility index (Phi) is 8.22. The van der Waals surface area contributed by atoms with Gasteiger partial charge in [0, 0.05) is 26.7 Å². The minimum atomic E-state index is 0.321. The number of hydrogen-bond donors (Lipinski definition) is 2. The fourth-order valence-corrected chi connectivity index (χ4v) is 3.32. The van der Waals surface area contributed by atoms with Crippen LogP contribution in [0.25, 0.3) is 0 Å². The molecule has 2 rings (SSSR count). The number of likely N-dealkylation sites (N-methyl/N-ethyl adjacent to an activating group) is 1. The molecule has 0 amide bonds. The van der Waals surface area contributed by atoms with Crippen LogP contribution in [0.15, 0.2) is 29.3 Å². The fourth-order valence-electron chi connectivity index (χ4n) is 3.32. The highest BCUT2D eigenvalue weighted by atomic mass is 15.2. The number of nitrogens with zero attached hydrogens (tertiary/aromatic N) is 3. The van der Waals surface area contributed by atoms with E-state index >= 15 is 0 Å². The molecule has 1 unspecified atom stereocenters. The number of nitrogens with one attached hydrogen (secondary N) is 2. The SMILES string of the molecule is CN=C(NCCN1CCCCC1)NCC(c1ccc(C)cc1)N(C)C. The third-order valence-electron chi connectivity index (χ3n) is 4.94. The van der Waals surface area contributed by atoms with Crippen molar-refractivity contribution in [3.63, 3.8) is 0 Å². The summed E-state index contributed by atoms with van der Waals surface area (Å²) >= 11 is 0. The number of aliphatic imine (C=N–C) groups is 1. The normalized spacial score (nSPS) is 17.6. The summed E-state index contributed by atoms with van der Waals surface area (Å²) in [5.74, 6) is 0.885. The molecule has 0 radical (unpaired) electrons. The maximum atomic E-state index is 4.37. The van der Waals surface area contributed by atoms with Crippen LogP contribution in [0.5, 0.6) is 0 Å². The average molecular weight is 346 g/mol. The predicted molar refractivity (Wildman–Crippen MR) is 107 cm³/mol. The van der Waals surface area contributed by atoms with Crippen LogP contribution >= 0.6 is 0 Å². The van der Waals surface area contributed by atoms with E-state index in [9.17, 15) is 0 Å². The first-order valence-electron chi connectivity index (χ1n) is 9.50. The Hall–Kier alpha value is -1.59. The lowest BCUT2D eigenvalue weighted by atomic mass is 10.0. The van der Waals surface area contributed by atoms with Gasteiger partial charge in [0.1, 0.15) is 0 Å². The van der Waals surface area contributed by atoms with Gasteiger partial charge < -0.3 is 20.4 Å². The van der Waals surface area contributed by atoms with Crippen LogP contribution in [0.2, 0.25) is 0 Å². The minimum Gasteiger partial charge on any atom is -0.355 e. The molecule has 0 spiro atoms. The first-order valence-corrected chi connectivity index (χ1v) is 9.50. The first kappa shape index (κ1) is 19.7. The largest absolute Gasteiger partial charge is 0.355 e. The Morgan fingerprint density at radius 1 is 1.12 bits per heavy atom. The second-order valence-electron chi connectivity index (χ2n) is 7.17. The molecule has 0 aromatic heterocycles. The number of benzene rings is 1. The molecule has 1 aromatic carbocycles. The van der Waals surface area contributed by atoms with Crippen LogP contribution in [0, 0.1) is 6.92 Å². The van der Waals surface area contributed by atoms with E-state index in [1.807, 2.05) is 7.05 Å². The van der Waals surface area contributed by atoms with Gasteiger partial charge in [0.25, 0.3) is 0 Å². The number of hydrogen-bond acceptors (Lipinski definition) is 3. The number of piperidine rings is 1. The van der Waals surface area contributed by atoms with Gasteiger partial charge in [-0.15, -0.1) is 0 Å². The van der Waals surface area contributed by atoms with E-state index in [0.29, 0.717) is 6.04 Å². The van der Waals surface area contributed by atoms with Crippen molar-refractivity contribution in [1.29, 1.82) is 0 Å². The van der Waals surface area contributed by atoms with Gasteiger partial charge in [0.05, 0.1) is 6.04 Å². The smallest absolute Gasteiger partial charge is 0.191 e. The summed E-state index contributed by atoms with van der Waals surface area (Å²) in [6.07, 6.45) is 4.07. The maximum Gasteiger partial charge on any atom is 0.191 e. The van der Waals surface area contributed by atoms with Crippen molar-refractivity contribution in [2.24, 2.45) is 4.99 Å². The summed E-state index contributed by atoms with van der Waals surface area (Å²) in [5.41, 5.74) is 2.62. The van der Waals surface area contributed by atoms with E-state index in [2.05, 4.69) is 70.7 Å². The van der Waals surface area contributed by atoms with Crippen LogP contribution < -0.4 is 10.6 Å². The Morgan fingerprint density at radius 3 is 2.40 bits per heavy atom. The maximum absolute atomic E-state index is 4.37. The molecule has 25 heavy (non-hydrogen) atoms. The van der Waals surface area contributed by atoms with E-state index in [0.717, 1.165) is 25.6 Å². The van der Waals surface area contributed by atoms with Crippen molar-refractivity contribution in [2.75, 3.05) is 53.9 Å². The first-order chi connectivity index (χ1) is 12.1. The number of rotatable bonds is 7. The average Bonchev–Trinajstić information content (AvgIpc) is 2.62. The molecule has 1 aliphatic heterocycles. The van der Waals surface area contributed by atoms with Crippen molar-refractivity contribution in [1.82, 2.24) is 20.4 Å². The van der Waals surface area contributed by atoms with Gasteiger partial charge in [0.2, 0.25) is 0 Å². The van der Waals surface area contributed by atoms with Crippen LogP contribution in [0.4, 0.5) is 0 Å². The lowest BCUT2D eigenvalue weighted by molar-refractivity contribution is 0.232. The minimum absolute atomic E-state index is 0.321. The van der Waals surface area contributed by atoms with Crippen molar-refractivity contribution >= 4 is 5.96 Å². The molecule has 0 aliphatic carbocycles. The molecule has 1 atom stereocenters. The van der Waals surface area contributed by atoms with Gasteiger partial charge in [0.15, 0.2) is 5.96 Å². The van der Waals surface area contributed by atoms with Gasteiger partial charge in [-0.2, -0.15) is 0 Å². The standard InChI is InChI=1S/C20H35N5/c1-17-8-10-18(11-9-17)19(24(3)4)16-23-20(21-2)22-12-15-25-13-6-5-7-14-25/h8-11,19H,5-7,12-16H2,1-4H3,(H2,21,22,23). The van der Waals surface area contributed by atoms with E-state index in [4.69, 9.17) is 0 Å². The summed E-state index contributed by atoms with van der Waals surface area (Å²) in [7, 11) is 6.09. The molecule has 1 heterocycles. The monoisotopic (exact) mass is 345 g/mol. The summed E-state index contributed by atoms with van der Waals surface area (Å²) in [4.78, 5) is 9.16. The summed E-state index contributed by atoms with van der Waals surface area (Å²) in [6, 6.07) is 9.11. The molecule has 5 nitrogen and oxygen atoms in total. The Bertz CT molecular complexity index is 517. The molecule has 0 saturated carbocycles. The Morgan fingerprint density at radius 2 is 1.80 bits per heavy atom. The molecular weight excluding hydrogens is 310 g/mol. The molecule has 2 N–H and O–H groups in total. The summed E-state index contributed by atoms with van der Waals surface area (Å²) in [6.45, 7) is 7.47. The van der Waals surface area contributed by atoms with E-state index in [-0.39, 0.29) is 0 Å². The van der Waals surface area contributed by atoms with Crippen LogP contribution in [-0.4, -0.2) is 69.6 Å². The second-order valence-corrected chi connectivity index (χ2v) is 7.17. The van der Waals surface area contributed by atoms with Gasteiger partial charge in [-0.25, -0.2) is 0 Å². The quantitative estimate of drug-likeness (QED) is 0.588. The number of likely N-dealkylation sites (tertiary alicyclic amines) is 1. The number of aryl methyl sites for hydroxylation is 1. The van der Waals surface area contributed by atoms with Gasteiger partial charge >= 0.3 is 0 Å². The molecule has 1 saturated heterocycles. The highest BCUT2D eigenvalue weighted by molar-refractivity contribution is 5.79. The van der Waals surface area contributed by atoms with E-state index in [1.165, 1.54) is 43.5 Å². The lowest BCUT2D eigenvalue weighted by Crippen LogP contribution is -2.44. The van der Waals surface area contributed by atoms with Crippen molar-refractivity contribution in [2.45, 2.75) is 32.2 Å². The van der Waals surface area contributed by atoms with Crippen LogP contribution in [0.1, 0.15) is 36.4 Å². The highest BCUT2D eigenvalue weighted by Crippen LogP contribution is 2.17. The summed E-state index contributed by atoms with van der Waals surface area (Å²) in [5, 5.41) is 6.93. The fraction of sp³-hybridized carbons (Fsp3) is 0.650. The molecule has 1 fully saturated rings. The van der Waals surface area contributed by atoms with Crippen LogP contribution in [-0.2, 0) is 0 Å². The lowest BCUT2D eigenvalue weighted by Gasteiger charge is -2.28. The van der Waals surface area contributed by atoms with Crippen molar-refractivity contribution in [3.05, 3.63) is 35.4 Å². The zero-order valence-corrected chi connectivity index (χ0v) is 16.4. The van der Waals surface area contributed by atoms with Gasteiger partial charge in [-0.1, -0.05) is 36.2 Å². The van der Waals surface area contributed by atoms with E-state index < -0.39 is 0 Å². The van der Waals surface area contributed by atoms with Crippen molar-refractivity contribution < 1.29 is 0 Å². The third kappa shape index (κ3) is 6.67. The molecule has 0 bridgehead atoms. The van der Waals surface area contributed by atoms with E-state index in [1.54, 1.807) is 0 Å². The van der Waals surface area contributed by atoms with Gasteiger partial charge in [-0.05, 0) is 52.5 Å². The molecular formula is C20H35N5. The third-order valence-corrected chi connectivity index (χ3v) is 4.94. The summed E-state index contributed by atoms with van der Waals surface area (Å²) < 4.78 is 0. The van der Waals surface area contributed by atoms with Crippen LogP contribution in [0.3, 0.4) is 0 Å². The number of guanidine groups is 1. The second kappa shape index (κ2) is 10.4. The Balaban J connectivity index is 1.79. The van der Waals surface area contributed by atoms with Gasteiger partial charge in [-0.3, -0.25) is 4.99 Å². The highest BCUT2D eigenvalue weighted by Gasteiger charge is 2.15. The molecule has 140 valence electrons. The predicted octanol–water partition coefficient (Wildman–Crippen LogP) is 2.25.